The first-order valence-electron chi connectivity index (χ1n) is 8.29. The number of aromatic nitrogens is 1. The van der Waals surface area contributed by atoms with Gasteiger partial charge in [-0.2, -0.15) is 0 Å². The van der Waals surface area contributed by atoms with Gasteiger partial charge in [-0.15, -0.1) is 0 Å². The van der Waals surface area contributed by atoms with Crippen LogP contribution in [0.2, 0.25) is 0 Å². The summed E-state index contributed by atoms with van der Waals surface area (Å²) in [4.78, 5) is 39.1. The standard InChI is InChI=1S/C18H20N2O6/c1-4-25-16(21)9-7-13-14-10-12(20(23)24)6-8-15(14)19-11(3)17(13)18(22)26-5-2/h6,8,10H,4-5,7,9H2,1-3H3. The van der Waals surface area contributed by atoms with E-state index in [2.05, 4.69) is 4.98 Å². The Balaban J connectivity index is 2.63. The molecule has 1 aromatic carbocycles. The number of hydrogen-bond donors (Lipinski definition) is 0. The number of aryl methyl sites for hydroxylation is 2. The van der Waals surface area contributed by atoms with E-state index in [0.717, 1.165) is 0 Å². The van der Waals surface area contributed by atoms with E-state index in [1.165, 1.54) is 18.2 Å². The van der Waals surface area contributed by atoms with Crippen molar-refractivity contribution in [3.05, 3.63) is 45.1 Å². The average Bonchev–Trinajstić information content (AvgIpc) is 2.59. The first kappa shape index (κ1) is 19.3. The molecule has 0 saturated heterocycles. The zero-order chi connectivity index (χ0) is 19.3. The summed E-state index contributed by atoms with van der Waals surface area (Å²) in [5.41, 5.74) is 1.59. The molecule has 26 heavy (non-hydrogen) atoms. The molecule has 0 aliphatic rings. The summed E-state index contributed by atoms with van der Waals surface area (Å²) in [6.07, 6.45) is 0.232. The monoisotopic (exact) mass is 360 g/mol. The van der Waals surface area contributed by atoms with Crippen molar-refractivity contribution in [2.75, 3.05) is 13.2 Å². The van der Waals surface area contributed by atoms with Gasteiger partial charge in [-0.25, -0.2) is 4.79 Å². The zero-order valence-corrected chi connectivity index (χ0v) is 14.9. The van der Waals surface area contributed by atoms with E-state index in [1.807, 2.05) is 0 Å². The summed E-state index contributed by atoms with van der Waals surface area (Å²) in [7, 11) is 0. The summed E-state index contributed by atoms with van der Waals surface area (Å²) in [5, 5.41) is 11.6. The number of rotatable bonds is 7. The van der Waals surface area contributed by atoms with Gasteiger partial charge >= 0.3 is 11.9 Å². The third kappa shape index (κ3) is 4.14. The van der Waals surface area contributed by atoms with E-state index in [1.54, 1.807) is 20.8 Å². The Labute approximate surface area is 150 Å². The molecule has 0 amide bonds. The van der Waals surface area contributed by atoms with Crippen molar-refractivity contribution in [1.29, 1.82) is 0 Å². The van der Waals surface area contributed by atoms with Crippen LogP contribution in [-0.4, -0.2) is 35.1 Å². The summed E-state index contributed by atoms with van der Waals surface area (Å²) < 4.78 is 10.0. The molecule has 0 fully saturated rings. The SMILES string of the molecule is CCOC(=O)CCc1c(C(=O)OCC)c(C)nc2ccc([N+](=O)[O-])cc12. The Morgan fingerprint density at radius 1 is 1.19 bits per heavy atom. The van der Waals surface area contributed by atoms with Gasteiger partial charge in [0.25, 0.3) is 5.69 Å². The van der Waals surface area contributed by atoms with Gasteiger partial charge in [-0.1, -0.05) is 0 Å². The average molecular weight is 360 g/mol. The highest BCUT2D eigenvalue weighted by atomic mass is 16.6. The Hall–Kier alpha value is -3.03. The van der Waals surface area contributed by atoms with E-state index in [-0.39, 0.29) is 37.3 Å². The van der Waals surface area contributed by atoms with Gasteiger partial charge in [0.15, 0.2) is 0 Å². The quantitative estimate of drug-likeness (QED) is 0.424. The molecule has 0 unspecified atom stereocenters. The van der Waals surface area contributed by atoms with Crippen molar-refractivity contribution in [2.24, 2.45) is 0 Å². The molecule has 8 heteroatoms. The van der Waals surface area contributed by atoms with Gasteiger partial charge in [0.1, 0.15) is 0 Å². The molecule has 1 aromatic heterocycles. The number of benzene rings is 1. The number of carbonyl (C=O) groups excluding carboxylic acids is 2. The fourth-order valence-electron chi connectivity index (χ4n) is 2.76. The predicted octanol–water partition coefficient (Wildman–Crippen LogP) is 3.12. The number of pyridine rings is 1. The first-order chi connectivity index (χ1) is 12.4. The lowest BCUT2D eigenvalue weighted by molar-refractivity contribution is -0.384. The molecule has 0 bridgehead atoms. The van der Waals surface area contributed by atoms with Crippen LogP contribution < -0.4 is 0 Å². The number of nitrogens with zero attached hydrogens (tertiary/aromatic N) is 2. The summed E-state index contributed by atoms with van der Waals surface area (Å²) in [5.74, 6) is -0.972. The number of hydrogen-bond acceptors (Lipinski definition) is 7. The van der Waals surface area contributed by atoms with Crippen LogP contribution in [0.5, 0.6) is 0 Å². The molecule has 138 valence electrons. The Morgan fingerprint density at radius 3 is 2.50 bits per heavy atom. The highest BCUT2D eigenvalue weighted by Gasteiger charge is 2.22. The second-order valence-electron chi connectivity index (χ2n) is 5.53. The second kappa shape index (κ2) is 8.37. The Bertz CT molecular complexity index is 862. The van der Waals surface area contributed by atoms with Gasteiger partial charge in [-0.3, -0.25) is 19.9 Å². The van der Waals surface area contributed by atoms with Crippen molar-refractivity contribution in [2.45, 2.75) is 33.6 Å². The van der Waals surface area contributed by atoms with Crippen molar-refractivity contribution in [3.63, 3.8) is 0 Å². The van der Waals surface area contributed by atoms with Crippen LogP contribution in [0.1, 0.15) is 41.9 Å². The van der Waals surface area contributed by atoms with Gasteiger partial charge in [-0.05, 0) is 38.8 Å². The van der Waals surface area contributed by atoms with Gasteiger partial charge < -0.3 is 9.47 Å². The van der Waals surface area contributed by atoms with Crippen LogP contribution in [0, 0.1) is 17.0 Å². The number of nitro groups is 1. The van der Waals surface area contributed by atoms with E-state index in [9.17, 15) is 19.7 Å². The number of nitro benzene ring substituents is 1. The molecule has 2 rings (SSSR count). The molecule has 0 radical (unpaired) electrons. The number of carbonyl (C=O) groups is 2. The molecule has 2 aromatic rings. The molecule has 1 heterocycles. The van der Waals surface area contributed by atoms with Crippen molar-refractivity contribution >= 4 is 28.5 Å². The molecule has 0 saturated carbocycles. The van der Waals surface area contributed by atoms with Crippen LogP contribution >= 0.6 is 0 Å². The molecule has 0 aliphatic heterocycles. The largest absolute Gasteiger partial charge is 0.466 e. The Kier molecular flexibility index (Phi) is 6.21. The zero-order valence-electron chi connectivity index (χ0n) is 14.9. The van der Waals surface area contributed by atoms with Gasteiger partial charge in [0.05, 0.1) is 34.9 Å². The normalized spacial score (nSPS) is 10.6. The van der Waals surface area contributed by atoms with Crippen LogP contribution in [0.15, 0.2) is 18.2 Å². The fraction of sp³-hybridized carbons (Fsp3) is 0.389. The smallest absolute Gasteiger partial charge is 0.340 e. The topological polar surface area (TPSA) is 109 Å². The van der Waals surface area contributed by atoms with Crippen molar-refractivity contribution < 1.29 is 24.0 Å². The second-order valence-corrected chi connectivity index (χ2v) is 5.53. The number of non-ortho nitro benzene ring substituents is 1. The van der Waals surface area contributed by atoms with E-state index in [0.29, 0.717) is 22.2 Å². The van der Waals surface area contributed by atoms with Crippen LogP contribution in [0.25, 0.3) is 10.9 Å². The number of esters is 2. The lowest BCUT2D eigenvalue weighted by atomic mass is 9.96. The molecule has 0 aliphatic carbocycles. The minimum Gasteiger partial charge on any atom is -0.466 e. The molecule has 0 N–H and O–H groups in total. The molecule has 8 nitrogen and oxygen atoms in total. The third-order valence-corrected chi connectivity index (χ3v) is 3.83. The molecule has 0 spiro atoms. The Morgan fingerprint density at radius 2 is 1.88 bits per heavy atom. The third-order valence-electron chi connectivity index (χ3n) is 3.83. The lowest BCUT2D eigenvalue weighted by Crippen LogP contribution is -2.14. The molecular formula is C18H20N2O6. The van der Waals surface area contributed by atoms with E-state index in [4.69, 9.17) is 9.47 Å². The highest BCUT2D eigenvalue weighted by Crippen LogP contribution is 2.29. The number of ether oxygens (including phenoxy) is 2. The van der Waals surface area contributed by atoms with E-state index >= 15 is 0 Å². The summed E-state index contributed by atoms with van der Waals surface area (Å²) in [6.45, 7) is 5.50. The van der Waals surface area contributed by atoms with Crippen LogP contribution in [-0.2, 0) is 20.7 Å². The minimum absolute atomic E-state index is 0.0431. The number of fused-ring (bicyclic) bond motifs is 1. The molecular weight excluding hydrogens is 340 g/mol. The van der Waals surface area contributed by atoms with Crippen LogP contribution in [0.4, 0.5) is 5.69 Å². The maximum Gasteiger partial charge on any atom is 0.340 e. The summed E-state index contributed by atoms with van der Waals surface area (Å²) in [6, 6.07) is 4.25. The van der Waals surface area contributed by atoms with Gasteiger partial charge in [0, 0.05) is 23.9 Å². The van der Waals surface area contributed by atoms with Crippen molar-refractivity contribution in [1.82, 2.24) is 4.98 Å². The van der Waals surface area contributed by atoms with Crippen molar-refractivity contribution in [3.8, 4) is 0 Å². The fourth-order valence-corrected chi connectivity index (χ4v) is 2.76. The lowest BCUT2D eigenvalue weighted by Gasteiger charge is -2.14. The minimum atomic E-state index is -0.565. The highest BCUT2D eigenvalue weighted by molar-refractivity contribution is 5.99. The molecule has 0 atom stereocenters. The van der Waals surface area contributed by atoms with E-state index < -0.39 is 16.9 Å². The van der Waals surface area contributed by atoms with Crippen LogP contribution in [0.3, 0.4) is 0 Å². The van der Waals surface area contributed by atoms with Gasteiger partial charge in [0.2, 0.25) is 0 Å². The maximum atomic E-state index is 12.4. The maximum absolute atomic E-state index is 12.4. The summed E-state index contributed by atoms with van der Waals surface area (Å²) >= 11 is 0. The predicted molar refractivity (Wildman–Crippen MR) is 94.0 cm³/mol. The first-order valence-corrected chi connectivity index (χ1v) is 8.29.